The summed E-state index contributed by atoms with van der Waals surface area (Å²) in [4.78, 5) is 10.0. The Morgan fingerprint density at radius 3 is 2.50 bits per heavy atom. The maximum atomic E-state index is 4.95. The molecule has 1 atom stereocenters. The minimum Gasteiger partial charge on any atom is -0.345 e. The number of unbranched alkanes of at least 4 members (excludes halogenated alkanes) is 2. The topological polar surface area (TPSA) is 63.0 Å². The van der Waals surface area contributed by atoms with Gasteiger partial charge in [-0.25, -0.2) is 9.67 Å². The van der Waals surface area contributed by atoms with Gasteiger partial charge < -0.3 is 4.90 Å². The van der Waals surface area contributed by atoms with Crippen LogP contribution < -0.4 is 4.90 Å². The van der Waals surface area contributed by atoms with E-state index in [4.69, 9.17) is 10.1 Å². The van der Waals surface area contributed by atoms with Crippen LogP contribution in [0.2, 0.25) is 0 Å². The Morgan fingerprint density at radius 2 is 1.73 bits per heavy atom. The second-order valence-electron chi connectivity index (χ2n) is 11.3. The highest BCUT2D eigenvalue weighted by Crippen LogP contribution is 2.37. The molecule has 1 saturated carbocycles. The fourth-order valence-corrected chi connectivity index (χ4v) is 7.34. The Balaban J connectivity index is 1.32. The number of para-hydroxylation sites is 1. The maximum absolute atomic E-state index is 4.95. The number of hydrogen-bond acceptors (Lipinski definition) is 7. The highest BCUT2D eigenvalue weighted by atomic mass is 32.1. The molecule has 0 N–H and O–H groups in total. The summed E-state index contributed by atoms with van der Waals surface area (Å²) in [5.74, 6) is 1.03. The first-order chi connectivity index (χ1) is 19.8. The molecule has 0 bridgehead atoms. The van der Waals surface area contributed by atoms with Crippen molar-refractivity contribution in [3.05, 3.63) is 71.6 Å². The molecular formula is C32H41N7S. The average Bonchev–Trinajstić information content (AvgIpc) is 3.67. The largest absolute Gasteiger partial charge is 0.345 e. The van der Waals surface area contributed by atoms with E-state index in [0.29, 0.717) is 6.04 Å². The third-order valence-corrected chi connectivity index (χ3v) is 9.58. The second-order valence-corrected chi connectivity index (χ2v) is 12.3. The smallest absolute Gasteiger partial charge is 0.186 e. The minimum absolute atomic E-state index is 0.0755. The Kier molecular flexibility index (Phi) is 8.83. The van der Waals surface area contributed by atoms with Gasteiger partial charge in [0.2, 0.25) is 0 Å². The molecule has 1 unspecified atom stereocenters. The molecule has 3 heterocycles. The number of rotatable bonds is 10. The molecule has 1 aliphatic heterocycles. The van der Waals surface area contributed by atoms with Crippen molar-refractivity contribution < 1.29 is 0 Å². The molecule has 8 heteroatoms. The number of benzene rings is 2. The minimum atomic E-state index is 0.0755. The van der Waals surface area contributed by atoms with Gasteiger partial charge >= 0.3 is 0 Å². The molecule has 40 heavy (non-hydrogen) atoms. The number of anilines is 1. The lowest BCUT2D eigenvalue weighted by molar-refractivity contribution is 0.188. The van der Waals surface area contributed by atoms with Crippen LogP contribution in [0.3, 0.4) is 0 Å². The van der Waals surface area contributed by atoms with E-state index < -0.39 is 0 Å². The van der Waals surface area contributed by atoms with E-state index in [1.54, 1.807) is 11.3 Å². The molecule has 2 aromatic carbocycles. The molecule has 0 spiro atoms. The molecule has 2 aromatic heterocycles. The van der Waals surface area contributed by atoms with Gasteiger partial charge in [-0.1, -0.05) is 98.9 Å². The second kappa shape index (κ2) is 13.0. The van der Waals surface area contributed by atoms with Gasteiger partial charge in [0.05, 0.1) is 22.3 Å². The predicted molar refractivity (Wildman–Crippen MR) is 165 cm³/mol. The monoisotopic (exact) mass is 555 g/mol. The molecule has 7 nitrogen and oxygen atoms in total. The highest BCUT2D eigenvalue weighted by molar-refractivity contribution is 7.22. The molecule has 0 radical (unpaired) electrons. The van der Waals surface area contributed by atoms with Gasteiger partial charge in [0.1, 0.15) is 0 Å². The van der Waals surface area contributed by atoms with Crippen molar-refractivity contribution in [2.45, 2.75) is 76.8 Å². The zero-order chi connectivity index (χ0) is 27.1. The normalized spacial score (nSPS) is 18.4. The Morgan fingerprint density at radius 1 is 0.950 bits per heavy atom. The summed E-state index contributed by atoms with van der Waals surface area (Å²) in [5.41, 5.74) is 3.78. The number of piperazine rings is 1. The lowest BCUT2D eigenvalue weighted by Crippen LogP contribution is -2.48. The van der Waals surface area contributed by atoms with Crippen molar-refractivity contribution in [1.82, 2.24) is 30.1 Å². The van der Waals surface area contributed by atoms with Crippen molar-refractivity contribution in [2.75, 3.05) is 31.1 Å². The molecule has 210 valence electrons. The van der Waals surface area contributed by atoms with Crippen molar-refractivity contribution in [3.8, 4) is 0 Å². The van der Waals surface area contributed by atoms with E-state index in [0.717, 1.165) is 49.1 Å². The van der Waals surface area contributed by atoms with Gasteiger partial charge in [-0.2, -0.15) is 0 Å². The van der Waals surface area contributed by atoms with Gasteiger partial charge in [0.15, 0.2) is 11.0 Å². The number of nitrogens with zero attached hydrogens (tertiary/aromatic N) is 7. The first kappa shape index (κ1) is 27.1. The third-order valence-electron chi connectivity index (χ3n) is 8.49. The van der Waals surface area contributed by atoms with E-state index in [2.05, 4.69) is 92.5 Å². The zero-order valence-corrected chi connectivity index (χ0v) is 24.5. The quantitative estimate of drug-likeness (QED) is 0.191. The van der Waals surface area contributed by atoms with Crippen LogP contribution in [0, 0.1) is 0 Å². The number of hydrogen-bond donors (Lipinski definition) is 0. The van der Waals surface area contributed by atoms with E-state index in [1.165, 1.54) is 67.2 Å². The van der Waals surface area contributed by atoms with Crippen molar-refractivity contribution in [2.24, 2.45) is 0 Å². The van der Waals surface area contributed by atoms with Gasteiger partial charge in [-0.3, -0.25) is 4.90 Å². The van der Waals surface area contributed by atoms with Gasteiger partial charge in [0.25, 0.3) is 0 Å². The Labute approximate surface area is 241 Å². The summed E-state index contributed by atoms with van der Waals surface area (Å²) in [6.45, 7) is 6.10. The maximum Gasteiger partial charge on any atom is 0.186 e. The van der Waals surface area contributed by atoms with Gasteiger partial charge in [-0.05, 0) is 59.4 Å². The molecule has 4 aromatic rings. The molecule has 2 fully saturated rings. The zero-order valence-electron chi connectivity index (χ0n) is 23.7. The van der Waals surface area contributed by atoms with Crippen molar-refractivity contribution >= 4 is 32.8 Å². The standard InChI is InChI=1S/C32H41N7S/c1-2-3-6-15-26(24-25-13-7-4-8-14-25)30(31-34-35-36-39(31)27-16-9-5-10-17-27)37-20-22-38(23-21-37)32-33-28-18-11-12-19-29(28)40-32/h4,7-8,11-14,18-19,24,27,30H,2-3,5-6,9-10,15-17,20-23H2,1H3. The molecule has 1 saturated heterocycles. The summed E-state index contributed by atoms with van der Waals surface area (Å²) in [6.07, 6.45) is 13.3. The summed E-state index contributed by atoms with van der Waals surface area (Å²) < 4.78 is 3.45. The first-order valence-electron chi connectivity index (χ1n) is 15.2. The van der Waals surface area contributed by atoms with Crippen LogP contribution in [0.1, 0.15) is 88.2 Å². The van der Waals surface area contributed by atoms with Crippen LogP contribution in [0.5, 0.6) is 0 Å². The lowest BCUT2D eigenvalue weighted by atomic mass is 9.93. The number of thiazole rings is 1. The summed E-state index contributed by atoms with van der Waals surface area (Å²) >= 11 is 1.80. The predicted octanol–water partition coefficient (Wildman–Crippen LogP) is 7.32. The molecule has 2 aliphatic rings. The molecule has 1 aliphatic carbocycles. The first-order valence-corrected chi connectivity index (χ1v) is 16.0. The summed E-state index contributed by atoms with van der Waals surface area (Å²) in [7, 11) is 0. The van der Waals surface area contributed by atoms with E-state index in [1.807, 2.05) is 0 Å². The van der Waals surface area contributed by atoms with Crippen molar-refractivity contribution in [1.29, 1.82) is 0 Å². The lowest BCUT2D eigenvalue weighted by Gasteiger charge is -2.40. The summed E-state index contributed by atoms with van der Waals surface area (Å²) in [6, 6.07) is 19.7. The van der Waals surface area contributed by atoms with Crippen molar-refractivity contribution in [3.63, 3.8) is 0 Å². The van der Waals surface area contributed by atoms with Crippen LogP contribution >= 0.6 is 11.3 Å². The number of fused-ring (bicyclic) bond motifs is 1. The Bertz CT molecular complexity index is 1350. The SMILES string of the molecule is CCCCCC(=Cc1ccccc1)C(c1nnnn1C1CCCCC1)N1CCN(c2nc3ccccc3s2)CC1. The third kappa shape index (κ3) is 6.13. The highest BCUT2D eigenvalue weighted by Gasteiger charge is 2.34. The fourth-order valence-electron chi connectivity index (χ4n) is 6.33. The average molecular weight is 556 g/mol. The van der Waals surface area contributed by atoms with Crippen LogP contribution in [-0.2, 0) is 0 Å². The summed E-state index contributed by atoms with van der Waals surface area (Å²) in [5, 5.41) is 14.8. The van der Waals surface area contributed by atoms with Crippen LogP contribution in [-0.4, -0.2) is 56.3 Å². The van der Waals surface area contributed by atoms with Gasteiger partial charge in [-0.15, -0.1) is 5.10 Å². The molecular weight excluding hydrogens is 514 g/mol. The fraction of sp³-hybridized carbons (Fsp3) is 0.500. The number of aromatic nitrogens is 5. The molecule has 0 amide bonds. The van der Waals surface area contributed by atoms with E-state index in [9.17, 15) is 0 Å². The van der Waals surface area contributed by atoms with Crippen LogP contribution in [0.25, 0.3) is 16.3 Å². The molecule has 6 rings (SSSR count). The Hall–Kier alpha value is -3.10. The van der Waals surface area contributed by atoms with Gasteiger partial charge in [0, 0.05) is 26.2 Å². The van der Waals surface area contributed by atoms with E-state index in [-0.39, 0.29) is 6.04 Å². The van der Waals surface area contributed by atoms with Crippen LogP contribution in [0.15, 0.2) is 60.2 Å². The van der Waals surface area contributed by atoms with Crippen LogP contribution in [0.4, 0.5) is 5.13 Å². The van der Waals surface area contributed by atoms with E-state index >= 15 is 0 Å². The number of tetrazole rings is 1.